The van der Waals surface area contributed by atoms with E-state index in [0.717, 1.165) is 33.4 Å². The number of rotatable bonds is 7. The van der Waals surface area contributed by atoms with E-state index in [1.807, 2.05) is 61.5 Å². The van der Waals surface area contributed by atoms with Crippen molar-refractivity contribution in [3.63, 3.8) is 0 Å². The predicted octanol–water partition coefficient (Wildman–Crippen LogP) is 4.42. The first-order valence-corrected chi connectivity index (χ1v) is 10.1. The number of hydrogen-bond acceptors (Lipinski definition) is 5. The summed E-state index contributed by atoms with van der Waals surface area (Å²) in [5.41, 5.74) is 2.84. The molecule has 2 aromatic carbocycles. The summed E-state index contributed by atoms with van der Waals surface area (Å²) in [7, 11) is 1.64. The lowest BCUT2D eigenvalue weighted by Crippen LogP contribution is -2.30. The molecule has 148 valence electrons. The van der Waals surface area contributed by atoms with E-state index in [-0.39, 0.29) is 11.2 Å². The topological polar surface area (TPSA) is 69.3 Å². The van der Waals surface area contributed by atoms with Crippen LogP contribution in [-0.2, 0) is 11.3 Å². The van der Waals surface area contributed by atoms with Gasteiger partial charge in [-0.15, -0.1) is 0 Å². The Balaban J connectivity index is 1.59. The molecule has 4 aromatic rings. The summed E-state index contributed by atoms with van der Waals surface area (Å²) in [6.07, 6.45) is 1.59. The van der Waals surface area contributed by atoms with Crippen molar-refractivity contribution in [2.24, 2.45) is 0 Å². The first-order chi connectivity index (χ1) is 14.2. The van der Waals surface area contributed by atoms with Gasteiger partial charge in [0.15, 0.2) is 5.16 Å². The molecule has 6 nitrogen and oxygen atoms in total. The maximum absolute atomic E-state index is 12.6. The van der Waals surface area contributed by atoms with Crippen molar-refractivity contribution in [2.45, 2.75) is 23.9 Å². The van der Waals surface area contributed by atoms with Gasteiger partial charge in [0, 0.05) is 5.69 Å². The molecule has 0 bridgehead atoms. The van der Waals surface area contributed by atoms with Crippen molar-refractivity contribution in [2.75, 3.05) is 7.11 Å². The molecule has 1 amide bonds. The van der Waals surface area contributed by atoms with E-state index in [1.165, 1.54) is 11.8 Å². The number of methoxy groups -OCH3 is 1. The molecule has 0 aliphatic rings. The van der Waals surface area contributed by atoms with Gasteiger partial charge in [-0.3, -0.25) is 9.36 Å². The van der Waals surface area contributed by atoms with Gasteiger partial charge >= 0.3 is 0 Å². The highest BCUT2D eigenvalue weighted by Gasteiger charge is 2.20. The Kier molecular flexibility index (Phi) is 5.57. The number of benzene rings is 2. The Morgan fingerprint density at radius 3 is 2.69 bits per heavy atom. The molecule has 2 heterocycles. The maximum atomic E-state index is 12.6. The number of amides is 1. The van der Waals surface area contributed by atoms with Crippen molar-refractivity contribution < 1.29 is 13.9 Å². The van der Waals surface area contributed by atoms with Crippen molar-refractivity contribution in [1.82, 2.24) is 14.9 Å². The molecule has 0 spiro atoms. The largest absolute Gasteiger partial charge is 0.497 e. The molecule has 0 saturated carbocycles. The average Bonchev–Trinajstić information content (AvgIpc) is 3.39. The number of imidazole rings is 1. The van der Waals surface area contributed by atoms with E-state index in [2.05, 4.69) is 9.88 Å². The molecule has 0 aliphatic carbocycles. The molecule has 0 saturated heterocycles. The Bertz CT molecular complexity index is 1100. The zero-order valence-corrected chi connectivity index (χ0v) is 17.0. The number of carbonyl (C=O) groups is 1. The van der Waals surface area contributed by atoms with Gasteiger partial charge in [-0.1, -0.05) is 23.9 Å². The molecule has 0 radical (unpaired) electrons. The highest BCUT2D eigenvalue weighted by Crippen LogP contribution is 2.31. The standard InChI is InChI=1S/C22H21N3O3S/c1-15(21(26)23-14-18-6-5-13-28-18)29-22-24-19-7-3-4-8-20(19)25(22)16-9-11-17(27-2)12-10-16/h3-13,15H,14H2,1-2H3,(H,23,26). The summed E-state index contributed by atoms with van der Waals surface area (Å²) >= 11 is 1.42. The van der Waals surface area contributed by atoms with Crippen LogP contribution in [0.2, 0.25) is 0 Å². The second kappa shape index (κ2) is 8.45. The van der Waals surface area contributed by atoms with Crippen LogP contribution in [0, 0.1) is 0 Å². The van der Waals surface area contributed by atoms with Gasteiger partial charge in [0.2, 0.25) is 5.91 Å². The van der Waals surface area contributed by atoms with E-state index in [0.29, 0.717) is 6.54 Å². The maximum Gasteiger partial charge on any atom is 0.233 e. The number of nitrogens with zero attached hydrogens (tertiary/aromatic N) is 2. The number of thioether (sulfide) groups is 1. The fourth-order valence-corrected chi connectivity index (χ4v) is 3.97. The predicted molar refractivity (Wildman–Crippen MR) is 113 cm³/mol. The van der Waals surface area contributed by atoms with E-state index < -0.39 is 0 Å². The monoisotopic (exact) mass is 407 g/mol. The van der Waals surface area contributed by atoms with Crippen molar-refractivity contribution in [3.8, 4) is 11.4 Å². The number of carbonyl (C=O) groups excluding carboxylic acids is 1. The van der Waals surface area contributed by atoms with Gasteiger partial charge in [-0.05, 0) is 55.5 Å². The average molecular weight is 407 g/mol. The third kappa shape index (κ3) is 4.14. The summed E-state index contributed by atoms with van der Waals surface area (Å²) in [5, 5.41) is 3.35. The van der Waals surface area contributed by atoms with Crippen LogP contribution in [-0.4, -0.2) is 27.8 Å². The van der Waals surface area contributed by atoms with E-state index in [1.54, 1.807) is 19.4 Å². The molecule has 1 atom stereocenters. The number of nitrogens with one attached hydrogen (secondary N) is 1. The number of hydrogen-bond donors (Lipinski definition) is 1. The molecule has 0 aliphatic heterocycles. The van der Waals surface area contributed by atoms with E-state index in [9.17, 15) is 4.79 Å². The first-order valence-electron chi connectivity index (χ1n) is 9.24. The van der Waals surface area contributed by atoms with Gasteiger partial charge in [0.25, 0.3) is 0 Å². The Morgan fingerprint density at radius 1 is 1.17 bits per heavy atom. The summed E-state index contributed by atoms with van der Waals surface area (Å²) in [5.74, 6) is 1.44. The van der Waals surface area contributed by atoms with Crippen LogP contribution in [0.15, 0.2) is 76.5 Å². The number of fused-ring (bicyclic) bond motifs is 1. The van der Waals surface area contributed by atoms with Crippen molar-refractivity contribution in [1.29, 1.82) is 0 Å². The number of ether oxygens (including phenoxy) is 1. The van der Waals surface area contributed by atoms with Gasteiger partial charge < -0.3 is 14.5 Å². The molecule has 4 rings (SSSR count). The van der Waals surface area contributed by atoms with Gasteiger partial charge in [0.05, 0.1) is 36.2 Å². The number of aromatic nitrogens is 2. The Labute approximate surface area is 172 Å². The SMILES string of the molecule is COc1ccc(-n2c(SC(C)C(=O)NCc3ccco3)nc3ccccc32)cc1. The molecule has 1 unspecified atom stereocenters. The van der Waals surface area contributed by atoms with Crippen LogP contribution in [0.5, 0.6) is 5.75 Å². The quantitative estimate of drug-likeness (QED) is 0.459. The van der Waals surface area contributed by atoms with Crippen molar-refractivity contribution >= 4 is 28.7 Å². The number of para-hydroxylation sites is 2. The molecule has 0 fully saturated rings. The Hall–Kier alpha value is -3.19. The molecule has 1 N–H and O–H groups in total. The van der Waals surface area contributed by atoms with Crippen LogP contribution < -0.4 is 10.1 Å². The lowest BCUT2D eigenvalue weighted by Gasteiger charge is -2.13. The first kappa shape index (κ1) is 19.1. The van der Waals surface area contributed by atoms with Gasteiger partial charge in [0.1, 0.15) is 11.5 Å². The lowest BCUT2D eigenvalue weighted by atomic mass is 10.2. The zero-order valence-electron chi connectivity index (χ0n) is 16.2. The smallest absolute Gasteiger partial charge is 0.233 e. The van der Waals surface area contributed by atoms with E-state index >= 15 is 0 Å². The second-order valence-electron chi connectivity index (χ2n) is 6.47. The van der Waals surface area contributed by atoms with Crippen LogP contribution in [0.1, 0.15) is 12.7 Å². The fourth-order valence-electron chi connectivity index (χ4n) is 3.01. The second-order valence-corrected chi connectivity index (χ2v) is 7.78. The summed E-state index contributed by atoms with van der Waals surface area (Å²) in [4.78, 5) is 17.3. The third-order valence-corrected chi connectivity index (χ3v) is 5.58. The molecule has 29 heavy (non-hydrogen) atoms. The van der Waals surface area contributed by atoms with Crippen LogP contribution in [0.3, 0.4) is 0 Å². The summed E-state index contributed by atoms with van der Waals surface area (Å²) < 4.78 is 12.6. The minimum absolute atomic E-state index is 0.0697. The highest BCUT2D eigenvalue weighted by molar-refractivity contribution is 8.00. The summed E-state index contributed by atoms with van der Waals surface area (Å²) in [6.45, 7) is 2.24. The van der Waals surface area contributed by atoms with Crippen LogP contribution in [0.25, 0.3) is 16.7 Å². The minimum Gasteiger partial charge on any atom is -0.497 e. The minimum atomic E-state index is -0.321. The molecular formula is C22H21N3O3S. The van der Waals surface area contributed by atoms with Crippen molar-refractivity contribution in [3.05, 3.63) is 72.7 Å². The zero-order chi connectivity index (χ0) is 20.2. The third-order valence-electron chi connectivity index (χ3n) is 4.53. The number of furan rings is 1. The normalized spacial score (nSPS) is 12.1. The van der Waals surface area contributed by atoms with Crippen LogP contribution in [0.4, 0.5) is 0 Å². The Morgan fingerprint density at radius 2 is 1.97 bits per heavy atom. The lowest BCUT2D eigenvalue weighted by molar-refractivity contribution is -0.120. The molecule has 2 aromatic heterocycles. The van der Waals surface area contributed by atoms with Crippen LogP contribution >= 0.6 is 11.8 Å². The highest BCUT2D eigenvalue weighted by atomic mass is 32.2. The van der Waals surface area contributed by atoms with Gasteiger partial charge in [-0.25, -0.2) is 4.98 Å². The molecule has 7 heteroatoms. The molecular weight excluding hydrogens is 386 g/mol. The van der Waals surface area contributed by atoms with Gasteiger partial charge in [-0.2, -0.15) is 0 Å². The fraction of sp³-hybridized carbons (Fsp3) is 0.182. The summed E-state index contributed by atoms with van der Waals surface area (Å²) in [6, 6.07) is 19.4. The van der Waals surface area contributed by atoms with E-state index in [4.69, 9.17) is 14.1 Å².